The molecular weight excluding hydrogens is 256 g/mol. The minimum atomic E-state index is -0.178. The second-order valence-electron chi connectivity index (χ2n) is 4.99. The Labute approximate surface area is 118 Å². The third-order valence-electron chi connectivity index (χ3n) is 2.93. The molecule has 0 aliphatic heterocycles. The first-order chi connectivity index (χ1) is 9.63. The first kappa shape index (κ1) is 14.2. The van der Waals surface area contributed by atoms with Gasteiger partial charge in [-0.3, -0.25) is 0 Å². The van der Waals surface area contributed by atoms with Gasteiger partial charge in [0.15, 0.2) is 0 Å². The fourth-order valence-corrected chi connectivity index (χ4v) is 2.05. The summed E-state index contributed by atoms with van der Waals surface area (Å²) in [4.78, 5) is 11.8. The normalized spacial score (nSPS) is 13.7. The molecule has 0 fully saturated rings. The lowest BCUT2D eigenvalue weighted by molar-refractivity contribution is 0.233. The molecule has 5 heteroatoms. The molecule has 2 heterocycles. The average molecular weight is 276 g/mol. The van der Waals surface area contributed by atoms with Crippen LogP contribution < -0.4 is 10.6 Å². The third-order valence-corrected chi connectivity index (χ3v) is 2.93. The summed E-state index contributed by atoms with van der Waals surface area (Å²) < 4.78 is 10.5. The highest BCUT2D eigenvalue weighted by molar-refractivity contribution is 5.74. The van der Waals surface area contributed by atoms with Crippen molar-refractivity contribution in [2.24, 2.45) is 0 Å². The molecule has 2 atom stereocenters. The molecule has 0 aromatic carbocycles. The van der Waals surface area contributed by atoms with Crippen molar-refractivity contribution in [1.82, 2.24) is 10.6 Å². The van der Waals surface area contributed by atoms with Gasteiger partial charge in [-0.15, -0.1) is 0 Å². The Bertz CT molecular complexity index is 459. The molecule has 0 aliphatic rings. The summed E-state index contributed by atoms with van der Waals surface area (Å²) in [7, 11) is 0. The monoisotopic (exact) mass is 276 g/mol. The molecule has 0 spiro atoms. The number of furan rings is 2. The number of carbonyl (C=O) groups excluding carboxylic acids is 1. The maximum Gasteiger partial charge on any atom is 0.315 e. The van der Waals surface area contributed by atoms with Crippen molar-refractivity contribution in [1.29, 1.82) is 0 Å². The molecule has 0 aliphatic carbocycles. The lowest BCUT2D eigenvalue weighted by Crippen LogP contribution is -2.45. The van der Waals surface area contributed by atoms with Crippen molar-refractivity contribution < 1.29 is 13.6 Å². The molecule has 2 aromatic heterocycles. The quantitative estimate of drug-likeness (QED) is 0.852. The zero-order chi connectivity index (χ0) is 14.4. The minimum absolute atomic E-state index is 0.0111. The average Bonchev–Trinajstić information content (AvgIpc) is 3.01. The summed E-state index contributed by atoms with van der Waals surface area (Å²) >= 11 is 0. The summed E-state index contributed by atoms with van der Waals surface area (Å²) in [5.41, 5.74) is 0. The van der Waals surface area contributed by atoms with Crippen molar-refractivity contribution >= 4 is 6.03 Å². The van der Waals surface area contributed by atoms with Crippen molar-refractivity contribution in [3.63, 3.8) is 0 Å². The molecule has 108 valence electrons. The number of nitrogens with one attached hydrogen (secondary N) is 2. The van der Waals surface area contributed by atoms with Crippen LogP contribution in [0.5, 0.6) is 0 Å². The van der Waals surface area contributed by atoms with Gasteiger partial charge in [0.25, 0.3) is 0 Å². The van der Waals surface area contributed by atoms with Crippen molar-refractivity contribution in [2.75, 3.05) is 0 Å². The molecule has 5 nitrogen and oxygen atoms in total. The highest BCUT2D eigenvalue weighted by Gasteiger charge is 2.12. The van der Waals surface area contributed by atoms with E-state index < -0.39 is 0 Å². The molecule has 0 unspecified atom stereocenters. The van der Waals surface area contributed by atoms with Crippen LogP contribution in [0.25, 0.3) is 0 Å². The van der Waals surface area contributed by atoms with Gasteiger partial charge in [0.2, 0.25) is 0 Å². The third kappa shape index (κ3) is 4.50. The van der Waals surface area contributed by atoms with Crippen molar-refractivity contribution in [2.45, 2.75) is 38.8 Å². The molecule has 2 amide bonds. The SMILES string of the molecule is C[C@@H](Cc1ccco1)NC(=O)N[C@@H](C)Cc1ccco1. The van der Waals surface area contributed by atoms with E-state index in [-0.39, 0.29) is 18.1 Å². The van der Waals surface area contributed by atoms with Gasteiger partial charge in [-0.2, -0.15) is 0 Å². The van der Waals surface area contributed by atoms with Gasteiger partial charge in [0, 0.05) is 24.9 Å². The first-order valence-corrected chi connectivity index (χ1v) is 6.75. The second-order valence-corrected chi connectivity index (χ2v) is 4.99. The highest BCUT2D eigenvalue weighted by Crippen LogP contribution is 2.05. The molecule has 0 saturated heterocycles. The summed E-state index contributed by atoms with van der Waals surface area (Å²) in [5.74, 6) is 1.72. The smallest absolute Gasteiger partial charge is 0.315 e. The van der Waals surface area contributed by atoms with Crippen LogP contribution in [-0.4, -0.2) is 18.1 Å². The van der Waals surface area contributed by atoms with E-state index in [1.807, 2.05) is 38.1 Å². The fourth-order valence-electron chi connectivity index (χ4n) is 2.05. The first-order valence-electron chi connectivity index (χ1n) is 6.75. The Kier molecular flexibility index (Phi) is 4.87. The largest absolute Gasteiger partial charge is 0.469 e. The highest BCUT2D eigenvalue weighted by atomic mass is 16.3. The lowest BCUT2D eigenvalue weighted by atomic mass is 10.2. The zero-order valence-corrected chi connectivity index (χ0v) is 11.8. The van der Waals surface area contributed by atoms with Gasteiger partial charge in [-0.25, -0.2) is 4.79 Å². The van der Waals surface area contributed by atoms with E-state index in [9.17, 15) is 4.79 Å². The van der Waals surface area contributed by atoms with E-state index in [2.05, 4.69) is 10.6 Å². The van der Waals surface area contributed by atoms with Gasteiger partial charge >= 0.3 is 6.03 Å². The van der Waals surface area contributed by atoms with Gasteiger partial charge < -0.3 is 19.5 Å². The Balaban J connectivity index is 1.71. The van der Waals surface area contributed by atoms with E-state index in [4.69, 9.17) is 8.83 Å². The number of hydrogen-bond acceptors (Lipinski definition) is 3. The number of hydrogen-bond donors (Lipinski definition) is 2. The maximum absolute atomic E-state index is 11.8. The van der Waals surface area contributed by atoms with Crippen LogP contribution in [0.1, 0.15) is 25.4 Å². The van der Waals surface area contributed by atoms with Gasteiger partial charge in [-0.1, -0.05) is 0 Å². The van der Waals surface area contributed by atoms with Crippen LogP contribution in [0.3, 0.4) is 0 Å². The molecule has 2 aromatic rings. The van der Waals surface area contributed by atoms with Crippen LogP contribution in [0.4, 0.5) is 4.79 Å². The van der Waals surface area contributed by atoms with E-state index in [0.717, 1.165) is 11.5 Å². The maximum atomic E-state index is 11.8. The Morgan fingerprint density at radius 1 is 1.00 bits per heavy atom. The van der Waals surface area contributed by atoms with Crippen LogP contribution in [0.15, 0.2) is 45.6 Å². The lowest BCUT2D eigenvalue weighted by Gasteiger charge is -2.17. The summed E-state index contributed by atoms with van der Waals surface area (Å²) in [6, 6.07) is 7.32. The van der Waals surface area contributed by atoms with Gasteiger partial charge in [0.1, 0.15) is 11.5 Å². The zero-order valence-electron chi connectivity index (χ0n) is 11.8. The Hall–Kier alpha value is -2.17. The van der Waals surface area contributed by atoms with Crippen molar-refractivity contribution in [3.8, 4) is 0 Å². The number of carbonyl (C=O) groups is 1. The predicted octanol–water partition coefficient (Wildman–Crippen LogP) is 2.73. The van der Waals surface area contributed by atoms with Crippen LogP contribution in [0, 0.1) is 0 Å². The Morgan fingerprint density at radius 3 is 1.80 bits per heavy atom. The second kappa shape index (κ2) is 6.84. The number of urea groups is 1. The summed E-state index contributed by atoms with van der Waals surface area (Å²) in [6.07, 6.45) is 4.61. The standard InChI is InChI=1S/C15H20N2O3/c1-11(9-13-5-3-7-19-13)16-15(18)17-12(2)10-14-6-4-8-20-14/h3-8,11-12H,9-10H2,1-2H3,(H2,16,17,18)/t11-,12-/m0/s1. The van der Waals surface area contributed by atoms with Crippen LogP contribution in [-0.2, 0) is 12.8 Å². The van der Waals surface area contributed by atoms with E-state index in [0.29, 0.717) is 12.8 Å². The van der Waals surface area contributed by atoms with Gasteiger partial charge in [0.05, 0.1) is 12.5 Å². The molecular formula is C15H20N2O3. The van der Waals surface area contributed by atoms with Crippen LogP contribution >= 0.6 is 0 Å². The molecule has 0 radical (unpaired) electrons. The molecule has 2 rings (SSSR count). The Morgan fingerprint density at radius 2 is 1.45 bits per heavy atom. The van der Waals surface area contributed by atoms with E-state index >= 15 is 0 Å². The predicted molar refractivity (Wildman–Crippen MR) is 75.4 cm³/mol. The summed E-state index contributed by atoms with van der Waals surface area (Å²) in [6.45, 7) is 3.89. The molecule has 0 saturated carbocycles. The van der Waals surface area contributed by atoms with Crippen LogP contribution in [0.2, 0.25) is 0 Å². The van der Waals surface area contributed by atoms with E-state index in [1.54, 1.807) is 12.5 Å². The molecule has 2 N–H and O–H groups in total. The number of rotatable bonds is 6. The molecule has 20 heavy (non-hydrogen) atoms. The fraction of sp³-hybridized carbons (Fsp3) is 0.400. The van der Waals surface area contributed by atoms with Crippen molar-refractivity contribution in [3.05, 3.63) is 48.3 Å². The minimum Gasteiger partial charge on any atom is -0.469 e. The van der Waals surface area contributed by atoms with Gasteiger partial charge in [-0.05, 0) is 38.1 Å². The number of amides is 2. The summed E-state index contributed by atoms with van der Waals surface area (Å²) in [5, 5.41) is 5.78. The molecule has 0 bridgehead atoms. The van der Waals surface area contributed by atoms with E-state index in [1.165, 1.54) is 0 Å². The topological polar surface area (TPSA) is 67.4 Å².